The summed E-state index contributed by atoms with van der Waals surface area (Å²) in [5.74, 6) is 0. The summed E-state index contributed by atoms with van der Waals surface area (Å²) >= 11 is 0.207. The normalized spacial score (nSPS) is 14.7. The predicted molar refractivity (Wildman–Crippen MR) is 187 cm³/mol. The zero-order valence-electron chi connectivity index (χ0n) is 25.0. The number of aryl methyl sites for hydroxylation is 1. The van der Waals surface area contributed by atoms with E-state index in [1.807, 2.05) is 0 Å². The Balaban J connectivity index is 1.33. The molecule has 3 nitrogen and oxygen atoms in total. The Morgan fingerprint density at radius 3 is 1.77 bits per heavy atom. The zero-order valence-corrected chi connectivity index (χ0v) is 26.7. The van der Waals surface area contributed by atoms with Crippen LogP contribution in [0.15, 0.2) is 133 Å². The van der Waals surface area contributed by atoms with Crippen LogP contribution in [0, 0.1) is 0 Å². The minimum absolute atomic E-state index is 0.143. The quantitative estimate of drug-likeness (QED) is 0.177. The van der Waals surface area contributed by atoms with Gasteiger partial charge in [0.25, 0.3) is 0 Å². The second-order valence-electron chi connectivity index (χ2n) is 12.3. The SMILES string of the molecule is Cn1c2cc3c(cc2c2cc4c(cc21)C(C)(C)c1ccccc1N4c1ccccc1)[Se]c1ccccc1N3c1ccccc1. The second-order valence-corrected chi connectivity index (χ2v) is 14.6. The fourth-order valence-electron chi connectivity index (χ4n) is 7.35. The van der Waals surface area contributed by atoms with Crippen molar-refractivity contribution in [1.82, 2.24) is 4.57 Å². The fourth-order valence-corrected chi connectivity index (χ4v) is 9.62. The van der Waals surface area contributed by atoms with Gasteiger partial charge in [0.05, 0.1) is 0 Å². The van der Waals surface area contributed by atoms with Crippen LogP contribution in [0.3, 0.4) is 0 Å². The van der Waals surface area contributed by atoms with Crippen LogP contribution < -0.4 is 18.7 Å². The van der Waals surface area contributed by atoms with Crippen molar-refractivity contribution in [3.8, 4) is 0 Å². The van der Waals surface area contributed by atoms with E-state index in [9.17, 15) is 0 Å². The van der Waals surface area contributed by atoms with E-state index in [1.54, 1.807) is 0 Å². The van der Waals surface area contributed by atoms with E-state index in [1.165, 1.54) is 76.0 Å². The van der Waals surface area contributed by atoms with Gasteiger partial charge < -0.3 is 0 Å². The summed E-state index contributed by atoms with van der Waals surface area (Å²) in [6.07, 6.45) is 0. The van der Waals surface area contributed by atoms with Crippen LogP contribution in [0.2, 0.25) is 0 Å². The molecule has 2 aliphatic rings. The summed E-state index contributed by atoms with van der Waals surface area (Å²) in [4.78, 5) is 4.92. The fraction of sp³-hybridized carbons (Fsp3) is 0.100. The van der Waals surface area contributed by atoms with Crippen molar-refractivity contribution < 1.29 is 0 Å². The molecule has 0 bridgehead atoms. The first kappa shape index (κ1) is 25.7. The van der Waals surface area contributed by atoms with Crippen molar-refractivity contribution in [2.45, 2.75) is 19.3 Å². The van der Waals surface area contributed by atoms with E-state index in [0.717, 1.165) is 0 Å². The Hall–Kier alpha value is -4.76. The van der Waals surface area contributed by atoms with E-state index >= 15 is 0 Å². The monoisotopic (exact) mass is 633 g/mol. The maximum absolute atomic E-state index is 2.49. The molecule has 0 aliphatic carbocycles. The van der Waals surface area contributed by atoms with Crippen LogP contribution in [0.4, 0.5) is 34.1 Å². The van der Waals surface area contributed by atoms with E-state index in [0.29, 0.717) is 0 Å². The minimum atomic E-state index is -0.143. The molecule has 9 rings (SSSR count). The molecule has 0 unspecified atom stereocenters. The van der Waals surface area contributed by atoms with Crippen molar-refractivity contribution in [2.75, 3.05) is 9.80 Å². The third kappa shape index (κ3) is 3.56. The average molecular weight is 633 g/mol. The third-order valence-electron chi connectivity index (χ3n) is 9.53. The molecule has 2 aliphatic heterocycles. The van der Waals surface area contributed by atoms with Gasteiger partial charge in [-0.25, -0.2) is 0 Å². The van der Waals surface area contributed by atoms with Gasteiger partial charge in [0.2, 0.25) is 0 Å². The van der Waals surface area contributed by atoms with Gasteiger partial charge in [-0.3, -0.25) is 0 Å². The molecule has 4 heteroatoms. The molecular weight excluding hydrogens is 601 g/mol. The Labute approximate surface area is 264 Å². The van der Waals surface area contributed by atoms with Gasteiger partial charge >= 0.3 is 265 Å². The Kier molecular flexibility index (Phi) is 5.47. The maximum atomic E-state index is 2.49. The van der Waals surface area contributed by atoms with E-state index in [4.69, 9.17) is 0 Å². The van der Waals surface area contributed by atoms with E-state index < -0.39 is 0 Å². The molecule has 7 aromatic rings. The molecule has 0 spiro atoms. The summed E-state index contributed by atoms with van der Waals surface area (Å²) in [6.45, 7) is 4.75. The number of rotatable bonds is 2. The van der Waals surface area contributed by atoms with Crippen LogP contribution in [-0.2, 0) is 12.5 Å². The number of benzene rings is 6. The Morgan fingerprint density at radius 2 is 1.05 bits per heavy atom. The summed E-state index contributed by atoms with van der Waals surface area (Å²) < 4.78 is 5.25. The molecule has 6 aromatic carbocycles. The topological polar surface area (TPSA) is 11.4 Å². The van der Waals surface area contributed by atoms with Crippen LogP contribution in [-0.4, -0.2) is 19.5 Å². The third-order valence-corrected chi connectivity index (χ3v) is 11.9. The van der Waals surface area contributed by atoms with Crippen LogP contribution >= 0.6 is 0 Å². The average Bonchev–Trinajstić information content (AvgIpc) is 3.32. The molecule has 0 atom stereocenters. The number of hydrogen-bond donors (Lipinski definition) is 0. The van der Waals surface area contributed by atoms with Gasteiger partial charge in [-0.05, 0) is 0 Å². The van der Waals surface area contributed by atoms with Crippen molar-refractivity contribution in [1.29, 1.82) is 0 Å². The molecule has 0 radical (unpaired) electrons. The molecule has 0 fully saturated rings. The number of fused-ring (bicyclic) bond motifs is 7. The molecule has 212 valence electrons. The molecule has 0 amide bonds. The predicted octanol–water partition coefficient (Wildman–Crippen LogP) is 8.88. The van der Waals surface area contributed by atoms with Crippen LogP contribution in [0.25, 0.3) is 21.8 Å². The standard InChI is InChI=1S/C40H31N3Se/c1-40(2)30-18-10-11-19-32(30)42(26-14-6-4-7-15-26)36-22-28-29-23-39-37(25-35(29)41(3)34(28)24-31(36)40)43(27-16-8-5-9-17-27)33-20-12-13-21-38(33)44-39/h4-25H,1-3H3. The summed E-state index contributed by atoms with van der Waals surface area (Å²) in [5.41, 5.74) is 12.6. The molecule has 0 saturated carbocycles. The van der Waals surface area contributed by atoms with Gasteiger partial charge in [0, 0.05) is 0 Å². The van der Waals surface area contributed by atoms with Gasteiger partial charge in [0.15, 0.2) is 0 Å². The van der Waals surface area contributed by atoms with Gasteiger partial charge in [-0.15, -0.1) is 0 Å². The number of hydrogen-bond acceptors (Lipinski definition) is 2. The van der Waals surface area contributed by atoms with Crippen molar-refractivity contribution in [2.24, 2.45) is 7.05 Å². The summed E-state index contributed by atoms with van der Waals surface area (Å²) in [5, 5.41) is 2.63. The molecule has 44 heavy (non-hydrogen) atoms. The molecular formula is C40H31N3Se. The van der Waals surface area contributed by atoms with Crippen LogP contribution in [0.5, 0.6) is 0 Å². The summed E-state index contributed by atoms with van der Waals surface area (Å²) in [7, 11) is 2.23. The van der Waals surface area contributed by atoms with Gasteiger partial charge in [0.1, 0.15) is 0 Å². The zero-order chi connectivity index (χ0) is 29.6. The number of anilines is 6. The molecule has 0 N–H and O–H groups in total. The first-order chi connectivity index (χ1) is 21.5. The first-order valence-electron chi connectivity index (χ1n) is 15.2. The van der Waals surface area contributed by atoms with Crippen LogP contribution in [0.1, 0.15) is 25.0 Å². The van der Waals surface area contributed by atoms with Crippen molar-refractivity contribution in [3.05, 3.63) is 145 Å². The number of nitrogens with zero attached hydrogens (tertiary/aromatic N) is 3. The second kappa shape index (κ2) is 9.37. The Bertz CT molecular complexity index is 2250. The van der Waals surface area contributed by atoms with Crippen molar-refractivity contribution >= 4 is 79.8 Å². The molecule has 3 heterocycles. The van der Waals surface area contributed by atoms with Crippen molar-refractivity contribution in [3.63, 3.8) is 0 Å². The molecule has 1 aromatic heterocycles. The summed E-state index contributed by atoms with van der Waals surface area (Å²) in [6, 6.07) is 49.3. The van der Waals surface area contributed by atoms with E-state index in [2.05, 4.69) is 169 Å². The van der Waals surface area contributed by atoms with E-state index in [-0.39, 0.29) is 20.4 Å². The molecule has 0 saturated heterocycles. The van der Waals surface area contributed by atoms with Gasteiger partial charge in [-0.2, -0.15) is 0 Å². The Morgan fingerprint density at radius 1 is 0.477 bits per heavy atom. The van der Waals surface area contributed by atoms with Gasteiger partial charge in [-0.1, -0.05) is 0 Å². The first-order valence-corrected chi connectivity index (χ1v) is 16.9. The number of aromatic nitrogens is 1. The number of para-hydroxylation sites is 4.